The van der Waals surface area contributed by atoms with Crippen LogP contribution in [0.2, 0.25) is 0 Å². The molecule has 0 aliphatic heterocycles. The van der Waals surface area contributed by atoms with E-state index < -0.39 is 0 Å². The third-order valence-corrected chi connectivity index (χ3v) is 5.92. The van der Waals surface area contributed by atoms with Crippen molar-refractivity contribution in [2.75, 3.05) is 0 Å². The van der Waals surface area contributed by atoms with E-state index in [4.69, 9.17) is 0 Å². The number of fused-ring (bicyclic) bond motifs is 3. The van der Waals surface area contributed by atoms with Gasteiger partial charge in [0, 0.05) is 11.1 Å². The van der Waals surface area contributed by atoms with Crippen LogP contribution in [0.25, 0.3) is 16.3 Å². The van der Waals surface area contributed by atoms with Crippen molar-refractivity contribution in [1.82, 2.24) is 9.66 Å². The highest BCUT2D eigenvalue weighted by Gasteiger charge is 2.20. The van der Waals surface area contributed by atoms with E-state index >= 15 is 0 Å². The van der Waals surface area contributed by atoms with Crippen LogP contribution in [0.1, 0.15) is 41.1 Å². The second kappa shape index (κ2) is 7.38. The predicted molar refractivity (Wildman–Crippen MR) is 109 cm³/mol. The smallest absolute Gasteiger partial charge is 0.267 e. The summed E-state index contributed by atoms with van der Waals surface area (Å²) in [6.45, 7) is 1.84. The SMILES string of the molecule is Cc1nc2sc3c(c2c(=O)n1N=C/C=C/c1ccccc1)CCCCC3. The van der Waals surface area contributed by atoms with Gasteiger partial charge >= 0.3 is 0 Å². The van der Waals surface area contributed by atoms with Crippen LogP contribution in [-0.2, 0) is 12.8 Å². The van der Waals surface area contributed by atoms with Gasteiger partial charge in [-0.2, -0.15) is 9.78 Å². The van der Waals surface area contributed by atoms with E-state index in [-0.39, 0.29) is 5.56 Å². The standard InChI is InChI=1S/C21H21N3OS/c1-15-23-20-19(17-12-6-3-7-13-18(17)26-20)21(25)24(15)22-14-8-11-16-9-4-2-5-10-16/h2,4-5,8-11,14H,3,6-7,12-13H2,1H3/b11-8+,22-14?. The summed E-state index contributed by atoms with van der Waals surface area (Å²) in [4.78, 5) is 19.9. The Kier molecular flexibility index (Phi) is 4.80. The summed E-state index contributed by atoms with van der Waals surface area (Å²) in [5, 5.41) is 5.14. The largest absolute Gasteiger partial charge is 0.283 e. The van der Waals surface area contributed by atoms with Gasteiger partial charge in [-0.25, -0.2) is 4.98 Å². The summed E-state index contributed by atoms with van der Waals surface area (Å²) in [5.74, 6) is 0.628. The molecule has 0 radical (unpaired) electrons. The lowest BCUT2D eigenvalue weighted by Gasteiger charge is -2.04. The van der Waals surface area contributed by atoms with E-state index in [1.165, 1.54) is 28.0 Å². The summed E-state index contributed by atoms with van der Waals surface area (Å²) in [6, 6.07) is 10.0. The maximum absolute atomic E-state index is 13.1. The molecule has 132 valence electrons. The number of thiophene rings is 1. The zero-order valence-electron chi connectivity index (χ0n) is 14.8. The van der Waals surface area contributed by atoms with Crippen LogP contribution >= 0.6 is 11.3 Å². The molecule has 5 heteroatoms. The first-order valence-electron chi connectivity index (χ1n) is 9.04. The molecular weight excluding hydrogens is 342 g/mol. The molecule has 2 aromatic heterocycles. The quantitative estimate of drug-likeness (QED) is 0.505. The monoisotopic (exact) mass is 363 g/mol. The fourth-order valence-corrected chi connectivity index (χ4v) is 4.73. The Bertz CT molecular complexity index is 1040. The Morgan fingerprint density at radius 3 is 2.81 bits per heavy atom. The first-order chi connectivity index (χ1) is 12.7. The van der Waals surface area contributed by atoms with Crippen LogP contribution < -0.4 is 5.56 Å². The number of allylic oxidation sites excluding steroid dienone is 1. The van der Waals surface area contributed by atoms with Gasteiger partial charge in [-0.1, -0.05) is 42.8 Å². The number of aromatic nitrogens is 2. The number of nitrogens with zero attached hydrogens (tertiary/aromatic N) is 3. The molecule has 0 fully saturated rings. The fourth-order valence-electron chi connectivity index (χ4n) is 3.43. The van der Waals surface area contributed by atoms with Crippen LogP contribution in [0.15, 0.2) is 46.3 Å². The van der Waals surface area contributed by atoms with E-state index in [1.807, 2.05) is 49.4 Å². The summed E-state index contributed by atoms with van der Waals surface area (Å²) in [7, 11) is 0. The maximum Gasteiger partial charge on any atom is 0.283 e. The lowest BCUT2D eigenvalue weighted by Crippen LogP contribution is -2.20. The van der Waals surface area contributed by atoms with Crippen molar-refractivity contribution in [3.05, 3.63) is 68.6 Å². The molecule has 2 heterocycles. The molecule has 4 rings (SSSR count). The summed E-state index contributed by atoms with van der Waals surface area (Å²) in [6.07, 6.45) is 11.1. The molecule has 0 unspecified atom stereocenters. The number of benzene rings is 1. The van der Waals surface area contributed by atoms with Crippen molar-refractivity contribution in [2.45, 2.75) is 39.0 Å². The molecule has 3 aromatic rings. The molecule has 0 saturated heterocycles. The third kappa shape index (κ3) is 3.27. The Morgan fingerprint density at radius 2 is 1.96 bits per heavy atom. The van der Waals surface area contributed by atoms with Crippen molar-refractivity contribution in [1.29, 1.82) is 0 Å². The van der Waals surface area contributed by atoms with Crippen LogP contribution in [0, 0.1) is 6.92 Å². The zero-order valence-corrected chi connectivity index (χ0v) is 15.6. The average molecular weight is 363 g/mol. The minimum absolute atomic E-state index is 0.0451. The topological polar surface area (TPSA) is 47.2 Å². The number of rotatable bonds is 3. The molecule has 1 aromatic carbocycles. The summed E-state index contributed by atoms with van der Waals surface area (Å²) >= 11 is 1.69. The first kappa shape index (κ1) is 16.9. The summed E-state index contributed by atoms with van der Waals surface area (Å²) < 4.78 is 1.43. The van der Waals surface area contributed by atoms with Crippen molar-refractivity contribution in [2.24, 2.45) is 5.10 Å². The van der Waals surface area contributed by atoms with E-state index in [2.05, 4.69) is 10.1 Å². The van der Waals surface area contributed by atoms with Crippen molar-refractivity contribution >= 4 is 33.8 Å². The van der Waals surface area contributed by atoms with Gasteiger partial charge < -0.3 is 0 Å². The van der Waals surface area contributed by atoms with E-state index in [9.17, 15) is 4.79 Å². The molecule has 0 amide bonds. The van der Waals surface area contributed by atoms with Crippen LogP contribution in [0.3, 0.4) is 0 Å². The third-order valence-electron chi connectivity index (χ3n) is 4.74. The van der Waals surface area contributed by atoms with E-state index in [0.29, 0.717) is 5.82 Å². The van der Waals surface area contributed by atoms with Gasteiger partial charge in [0.05, 0.1) is 5.39 Å². The van der Waals surface area contributed by atoms with Crippen LogP contribution in [0.5, 0.6) is 0 Å². The average Bonchev–Trinajstić information content (AvgIpc) is 2.83. The van der Waals surface area contributed by atoms with Gasteiger partial charge in [0.2, 0.25) is 0 Å². The van der Waals surface area contributed by atoms with Crippen molar-refractivity contribution < 1.29 is 0 Å². The number of hydrogen-bond donors (Lipinski definition) is 0. The molecule has 4 nitrogen and oxygen atoms in total. The van der Waals surface area contributed by atoms with Gasteiger partial charge in [-0.15, -0.1) is 11.3 Å². The Morgan fingerprint density at radius 1 is 1.15 bits per heavy atom. The van der Waals surface area contributed by atoms with Crippen molar-refractivity contribution in [3.63, 3.8) is 0 Å². The Hall–Kier alpha value is -2.53. The molecule has 1 aliphatic carbocycles. The zero-order chi connectivity index (χ0) is 17.9. The maximum atomic E-state index is 13.1. The Labute approximate surface area is 156 Å². The summed E-state index contributed by atoms with van der Waals surface area (Å²) in [5.41, 5.74) is 2.26. The normalized spacial score (nSPS) is 15.0. The minimum atomic E-state index is -0.0451. The fraction of sp³-hybridized carbons (Fsp3) is 0.286. The molecule has 1 aliphatic rings. The van der Waals surface area contributed by atoms with E-state index in [1.54, 1.807) is 17.6 Å². The second-order valence-corrected chi connectivity index (χ2v) is 7.64. The number of hydrogen-bond acceptors (Lipinski definition) is 4. The van der Waals surface area contributed by atoms with Gasteiger partial charge in [-0.3, -0.25) is 4.79 Å². The minimum Gasteiger partial charge on any atom is -0.267 e. The highest BCUT2D eigenvalue weighted by atomic mass is 32.1. The lowest BCUT2D eigenvalue weighted by molar-refractivity contribution is 0.712. The second-order valence-electron chi connectivity index (χ2n) is 6.55. The molecular formula is C21H21N3OS. The van der Waals surface area contributed by atoms with Gasteiger partial charge in [0.25, 0.3) is 5.56 Å². The molecule has 0 spiro atoms. The van der Waals surface area contributed by atoms with Gasteiger partial charge in [0.15, 0.2) is 0 Å². The van der Waals surface area contributed by atoms with Crippen LogP contribution in [-0.4, -0.2) is 15.9 Å². The van der Waals surface area contributed by atoms with E-state index in [0.717, 1.165) is 35.0 Å². The Balaban J connectivity index is 1.71. The molecule has 0 atom stereocenters. The van der Waals surface area contributed by atoms with Gasteiger partial charge in [0.1, 0.15) is 10.7 Å². The highest BCUT2D eigenvalue weighted by Crippen LogP contribution is 2.33. The lowest BCUT2D eigenvalue weighted by atomic mass is 10.1. The van der Waals surface area contributed by atoms with Gasteiger partial charge in [-0.05, 0) is 49.8 Å². The molecule has 0 saturated carbocycles. The molecule has 0 bridgehead atoms. The van der Waals surface area contributed by atoms with Crippen LogP contribution in [0.4, 0.5) is 0 Å². The first-order valence-corrected chi connectivity index (χ1v) is 9.85. The number of aryl methyl sites for hydroxylation is 3. The molecule has 26 heavy (non-hydrogen) atoms. The van der Waals surface area contributed by atoms with Crippen molar-refractivity contribution in [3.8, 4) is 0 Å². The highest BCUT2D eigenvalue weighted by molar-refractivity contribution is 7.18. The molecule has 0 N–H and O–H groups in total. The predicted octanol–water partition coefficient (Wildman–Crippen LogP) is 4.58.